The van der Waals surface area contributed by atoms with Gasteiger partial charge in [0.2, 0.25) is 0 Å². The van der Waals surface area contributed by atoms with Gasteiger partial charge in [-0.25, -0.2) is 13.2 Å². The summed E-state index contributed by atoms with van der Waals surface area (Å²) in [6.45, 7) is 4.19. The van der Waals surface area contributed by atoms with Crippen molar-refractivity contribution in [2.75, 3.05) is 13.2 Å². The van der Waals surface area contributed by atoms with E-state index < -0.39 is 21.1 Å². The first-order chi connectivity index (χ1) is 9.66. The quantitative estimate of drug-likeness (QED) is 0.520. The van der Waals surface area contributed by atoms with Crippen LogP contribution in [0.2, 0.25) is 5.02 Å². The maximum atomic E-state index is 12.0. The topological polar surface area (TPSA) is 69.7 Å². The van der Waals surface area contributed by atoms with Crippen molar-refractivity contribution in [1.82, 2.24) is 0 Å². The fourth-order valence-electron chi connectivity index (χ4n) is 1.45. The Morgan fingerprint density at radius 1 is 1.43 bits per heavy atom. The second kappa shape index (κ2) is 7.78. The Hall–Kier alpha value is -0.340. The van der Waals surface area contributed by atoms with E-state index in [9.17, 15) is 13.2 Å². The summed E-state index contributed by atoms with van der Waals surface area (Å²) in [4.78, 5) is 11.7. The van der Waals surface area contributed by atoms with E-state index in [-0.39, 0.29) is 22.1 Å². The summed E-state index contributed by atoms with van der Waals surface area (Å²) in [5.41, 5.74) is -0.0892. The van der Waals surface area contributed by atoms with Gasteiger partial charge in [-0.15, -0.1) is 0 Å². The normalized spacial score (nSPS) is 13.0. The van der Waals surface area contributed by atoms with Crippen LogP contribution in [0.25, 0.3) is 0 Å². The zero-order valence-electron chi connectivity index (χ0n) is 11.2. The lowest BCUT2D eigenvalue weighted by Crippen LogP contribution is -2.21. The standard InChI is InChI=1S/C12H13BrCl2O5S/c1-3-19-6-7(2)20-12(16)9-4-8(13)5-10(11(9)14)21(15,17)18/h4-5,7H,3,6H2,1-2H3. The fraction of sp³-hybridized carbons (Fsp3) is 0.417. The van der Waals surface area contributed by atoms with Crippen LogP contribution in [0, 0.1) is 0 Å². The number of ether oxygens (including phenoxy) is 2. The molecule has 5 nitrogen and oxygen atoms in total. The van der Waals surface area contributed by atoms with E-state index >= 15 is 0 Å². The summed E-state index contributed by atoms with van der Waals surface area (Å²) < 4.78 is 33.5. The average Bonchev–Trinajstić information content (AvgIpc) is 2.37. The molecule has 0 radical (unpaired) electrons. The van der Waals surface area contributed by atoms with E-state index in [1.807, 2.05) is 6.92 Å². The highest BCUT2D eigenvalue weighted by Gasteiger charge is 2.24. The predicted molar refractivity (Wildman–Crippen MR) is 83.6 cm³/mol. The number of esters is 1. The van der Waals surface area contributed by atoms with E-state index in [4.69, 9.17) is 31.8 Å². The smallest absolute Gasteiger partial charge is 0.340 e. The number of carbonyl (C=O) groups is 1. The Labute approximate surface area is 141 Å². The van der Waals surface area contributed by atoms with Crippen LogP contribution >= 0.6 is 38.2 Å². The van der Waals surface area contributed by atoms with Gasteiger partial charge in [-0.2, -0.15) is 0 Å². The molecule has 0 spiro atoms. The van der Waals surface area contributed by atoms with Crippen LogP contribution in [0.4, 0.5) is 0 Å². The van der Waals surface area contributed by atoms with Gasteiger partial charge < -0.3 is 9.47 Å². The fourth-order valence-corrected chi connectivity index (χ4v) is 3.63. The molecule has 1 unspecified atom stereocenters. The molecule has 9 heteroatoms. The summed E-state index contributed by atoms with van der Waals surface area (Å²) in [7, 11) is 1.20. The maximum Gasteiger partial charge on any atom is 0.340 e. The first kappa shape index (κ1) is 18.7. The van der Waals surface area contributed by atoms with Crippen molar-refractivity contribution in [1.29, 1.82) is 0 Å². The average molecular weight is 420 g/mol. The SMILES string of the molecule is CCOCC(C)OC(=O)c1cc(Br)cc(S(=O)(=O)Cl)c1Cl. The van der Waals surface area contributed by atoms with Crippen LogP contribution in [0.3, 0.4) is 0 Å². The number of hydrogen-bond donors (Lipinski definition) is 0. The molecular formula is C12H13BrCl2O5S. The van der Waals surface area contributed by atoms with Gasteiger partial charge in [0.1, 0.15) is 11.0 Å². The number of hydrogen-bond acceptors (Lipinski definition) is 5. The van der Waals surface area contributed by atoms with E-state index in [0.29, 0.717) is 11.1 Å². The first-order valence-electron chi connectivity index (χ1n) is 5.89. The zero-order chi connectivity index (χ0) is 16.2. The Kier molecular flexibility index (Phi) is 6.93. The van der Waals surface area contributed by atoms with Gasteiger partial charge in [-0.3, -0.25) is 0 Å². The lowest BCUT2D eigenvalue weighted by Gasteiger charge is -2.14. The molecule has 0 aliphatic heterocycles. The third kappa shape index (κ3) is 5.41. The molecule has 0 N–H and O–H groups in total. The summed E-state index contributed by atoms with van der Waals surface area (Å²) in [6, 6.07) is 2.58. The monoisotopic (exact) mass is 418 g/mol. The molecule has 0 saturated carbocycles. The van der Waals surface area contributed by atoms with Crippen LogP contribution in [0.15, 0.2) is 21.5 Å². The van der Waals surface area contributed by atoms with Crippen molar-refractivity contribution in [2.24, 2.45) is 0 Å². The third-order valence-electron chi connectivity index (χ3n) is 2.35. The van der Waals surface area contributed by atoms with Crippen LogP contribution in [-0.4, -0.2) is 33.7 Å². The van der Waals surface area contributed by atoms with E-state index in [1.54, 1.807) is 6.92 Å². The molecule has 0 bridgehead atoms. The molecule has 1 aromatic rings. The Bertz CT molecular complexity index is 633. The number of rotatable bonds is 6. The van der Waals surface area contributed by atoms with Crippen molar-refractivity contribution in [3.63, 3.8) is 0 Å². The Balaban J connectivity index is 3.08. The molecule has 0 aliphatic carbocycles. The highest BCUT2D eigenvalue weighted by molar-refractivity contribution is 9.10. The molecule has 118 valence electrons. The van der Waals surface area contributed by atoms with Crippen LogP contribution in [0.5, 0.6) is 0 Å². The lowest BCUT2D eigenvalue weighted by molar-refractivity contribution is 0.00438. The molecule has 0 aromatic heterocycles. The molecule has 21 heavy (non-hydrogen) atoms. The van der Waals surface area contributed by atoms with Gasteiger partial charge >= 0.3 is 5.97 Å². The largest absolute Gasteiger partial charge is 0.457 e. The number of halogens is 3. The van der Waals surface area contributed by atoms with E-state index in [2.05, 4.69) is 15.9 Å². The number of carbonyl (C=O) groups excluding carboxylic acids is 1. The zero-order valence-corrected chi connectivity index (χ0v) is 15.1. The Morgan fingerprint density at radius 2 is 2.05 bits per heavy atom. The van der Waals surface area contributed by atoms with Gasteiger partial charge in [0, 0.05) is 21.8 Å². The van der Waals surface area contributed by atoms with E-state index in [0.717, 1.165) is 0 Å². The third-order valence-corrected chi connectivity index (χ3v) is 4.67. The molecule has 0 amide bonds. The molecule has 0 fully saturated rings. The summed E-state index contributed by atoms with van der Waals surface area (Å²) in [5.74, 6) is -0.755. The minimum Gasteiger partial charge on any atom is -0.457 e. The van der Waals surface area contributed by atoms with Crippen molar-refractivity contribution >= 4 is 53.2 Å². The van der Waals surface area contributed by atoms with Crippen LogP contribution in [-0.2, 0) is 18.5 Å². The van der Waals surface area contributed by atoms with Gasteiger partial charge in [-0.1, -0.05) is 27.5 Å². The van der Waals surface area contributed by atoms with Gasteiger partial charge in [0.25, 0.3) is 9.05 Å². The van der Waals surface area contributed by atoms with Crippen molar-refractivity contribution in [3.8, 4) is 0 Å². The molecular weight excluding hydrogens is 407 g/mol. The maximum absolute atomic E-state index is 12.0. The number of benzene rings is 1. The Morgan fingerprint density at radius 3 is 2.57 bits per heavy atom. The van der Waals surface area contributed by atoms with Crippen LogP contribution in [0.1, 0.15) is 24.2 Å². The van der Waals surface area contributed by atoms with Crippen molar-refractivity contribution in [3.05, 3.63) is 27.2 Å². The van der Waals surface area contributed by atoms with Gasteiger partial charge in [0.15, 0.2) is 0 Å². The van der Waals surface area contributed by atoms with Crippen molar-refractivity contribution < 1.29 is 22.7 Å². The molecule has 1 aromatic carbocycles. The molecule has 0 aliphatic rings. The lowest BCUT2D eigenvalue weighted by atomic mass is 10.2. The molecule has 0 saturated heterocycles. The first-order valence-corrected chi connectivity index (χ1v) is 9.37. The second-order valence-electron chi connectivity index (χ2n) is 4.08. The second-order valence-corrected chi connectivity index (χ2v) is 7.91. The summed E-state index contributed by atoms with van der Waals surface area (Å²) in [5, 5.41) is -0.276. The molecule has 1 atom stereocenters. The summed E-state index contributed by atoms with van der Waals surface area (Å²) >= 11 is 9.03. The summed E-state index contributed by atoms with van der Waals surface area (Å²) in [6.07, 6.45) is -0.497. The molecule has 1 rings (SSSR count). The minimum absolute atomic E-state index is 0.0892. The highest BCUT2D eigenvalue weighted by Crippen LogP contribution is 2.32. The predicted octanol–water partition coefficient (Wildman–Crippen LogP) is 3.61. The van der Waals surface area contributed by atoms with Gasteiger partial charge in [0.05, 0.1) is 17.2 Å². The molecule has 0 heterocycles. The van der Waals surface area contributed by atoms with E-state index in [1.165, 1.54) is 12.1 Å². The van der Waals surface area contributed by atoms with Crippen molar-refractivity contribution in [2.45, 2.75) is 24.8 Å². The minimum atomic E-state index is -4.08. The van der Waals surface area contributed by atoms with Gasteiger partial charge in [-0.05, 0) is 26.0 Å². The van der Waals surface area contributed by atoms with Crippen LogP contribution < -0.4 is 0 Å². The highest BCUT2D eigenvalue weighted by atomic mass is 79.9.